The number of rotatable bonds is 5. The first-order chi connectivity index (χ1) is 12.0. The van der Waals surface area contributed by atoms with E-state index in [-0.39, 0.29) is 24.0 Å². The van der Waals surface area contributed by atoms with Crippen LogP contribution in [0.5, 0.6) is 0 Å². The van der Waals surface area contributed by atoms with E-state index in [0.29, 0.717) is 12.5 Å². The number of aromatic nitrogens is 2. The fraction of sp³-hybridized carbons (Fsp3) is 0.722. The van der Waals surface area contributed by atoms with Crippen LogP contribution in [-0.4, -0.2) is 47.1 Å². The summed E-state index contributed by atoms with van der Waals surface area (Å²) in [7, 11) is 0. The lowest BCUT2D eigenvalue weighted by atomic mass is 9.89. The van der Waals surface area contributed by atoms with Gasteiger partial charge in [0.2, 0.25) is 11.0 Å². The maximum absolute atomic E-state index is 12.6. The number of piperidine rings is 1. The molecule has 1 aromatic rings. The van der Waals surface area contributed by atoms with E-state index in [2.05, 4.69) is 33.1 Å². The lowest BCUT2D eigenvalue weighted by Crippen LogP contribution is -2.46. The Morgan fingerprint density at radius 3 is 2.72 bits per heavy atom. The van der Waals surface area contributed by atoms with Crippen LogP contribution < -0.4 is 10.2 Å². The van der Waals surface area contributed by atoms with E-state index in [1.165, 1.54) is 11.5 Å². The maximum atomic E-state index is 12.6. The van der Waals surface area contributed by atoms with Gasteiger partial charge in [0.05, 0.1) is 12.0 Å². The molecule has 3 rings (SSSR count). The SMILES string of the molecule is C=C(C)[C@H]1OCC[C@H]1C(=O)N[C@H](C)C1CCN(c2nc(C)ns2)CC1. The third kappa shape index (κ3) is 4.20. The Morgan fingerprint density at radius 2 is 2.12 bits per heavy atom. The van der Waals surface area contributed by atoms with Gasteiger partial charge in [-0.05, 0) is 46.0 Å². The van der Waals surface area contributed by atoms with Crippen LogP contribution in [0.4, 0.5) is 5.13 Å². The zero-order chi connectivity index (χ0) is 18.0. The summed E-state index contributed by atoms with van der Waals surface area (Å²) in [6, 6.07) is 0.178. The molecule has 2 fully saturated rings. The van der Waals surface area contributed by atoms with Crippen molar-refractivity contribution in [3.05, 3.63) is 18.0 Å². The van der Waals surface area contributed by atoms with Crippen molar-refractivity contribution in [2.24, 2.45) is 11.8 Å². The molecule has 25 heavy (non-hydrogen) atoms. The van der Waals surface area contributed by atoms with Crippen molar-refractivity contribution < 1.29 is 9.53 Å². The first-order valence-corrected chi connectivity index (χ1v) is 9.85. The van der Waals surface area contributed by atoms with Crippen LogP contribution in [0.3, 0.4) is 0 Å². The summed E-state index contributed by atoms with van der Waals surface area (Å²) in [6.07, 6.45) is 2.77. The standard InChI is InChI=1S/C18H28N4O2S/c1-11(2)16-15(7-10-24-16)17(23)19-12(3)14-5-8-22(9-6-14)18-20-13(4)21-25-18/h12,14-16H,1,5-10H2,2-4H3,(H,19,23)/t12-,15-,16-/m1/s1. The van der Waals surface area contributed by atoms with Crippen molar-refractivity contribution in [3.8, 4) is 0 Å². The van der Waals surface area contributed by atoms with E-state index in [1.807, 2.05) is 13.8 Å². The molecule has 1 amide bonds. The molecule has 2 saturated heterocycles. The van der Waals surface area contributed by atoms with E-state index >= 15 is 0 Å². The predicted molar refractivity (Wildman–Crippen MR) is 99.8 cm³/mol. The molecular formula is C18H28N4O2S. The average molecular weight is 365 g/mol. The molecule has 3 atom stereocenters. The van der Waals surface area contributed by atoms with Crippen molar-refractivity contribution in [1.82, 2.24) is 14.7 Å². The Kier molecular flexibility index (Phi) is 5.74. The number of hydrogen-bond donors (Lipinski definition) is 1. The van der Waals surface area contributed by atoms with Crippen LogP contribution in [-0.2, 0) is 9.53 Å². The summed E-state index contributed by atoms with van der Waals surface area (Å²) in [5, 5.41) is 4.25. The smallest absolute Gasteiger partial charge is 0.226 e. The highest BCUT2D eigenvalue weighted by atomic mass is 32.1. The van der Waals surface area contributed by atoms with E-state index < -0.39 is 0 Å². The van der Waals surface area contributed by atoms with E-state index in [1.54, 1.807) is 0 Å². The van der Waals surface area contributed by atoms with E-state index in [0.717, 1.165) is 48.9 Å². The number of carbonyl (C=O) groups is 1. The maximum Gasteiger partial charge on any atom is 0.226 e. The quantitative estimate of drug-likeness (QED) is 0.813. The van der Waals surface area contributed by atoms with E-state index in [4.69, 9.17) is 4.74 Å². The van der Waals surface area contributed by atoms with Gasteiger partial charge < -0.3 is 15.0 Å². The van der Waals surface area contributed by atoms with Gasteiger partial charge in [0, 0.05) is 37.3 Å². The van der Waals surface area contributed by atoms with Gasteiger partial charge in [-0.1, -0.05) is 12.2 Å². The summed E-state index contributed by atoms with van der Waals surface area (Å²) in [5.41, 5.74) is 0.936. The molecule has 0 bridgehead atoms. The van der Waals surface area contributed by atoms with Crippen molar-refractivity contribution in [2.45, 2.75) is 52.2 Å². The van der Waals surface area contributed by atoms with Crippen LogP contribution in [0.25, 0.3) is 0 Å². The van der Waals surface area contributed by atoms with Crippen LogP contribution >= 0.6 is 11.5 Å². The van der Waals surface area contributed by atoms with Gasteiger partial charge in [0.1, 0.15) is 5.82 Å². The topological polar surface area (TPSA) is 67.3 Å². The molecule has 2 aliphatic heterocycles. The van der Waals surface area contributed by atoms with Crippen molar-refractivity contribution in [3.63, 3.8) is 0 Å². The van der Waals surface area contributed by atoms with Gasteiger partial charge in [0.25, 0.3) is 0 Å². The van der Waals surface area contributed by atoms with Gasteiger partial charge in [0.15, 0.2) is 0 Å². The second kappa shape index (κ2) is 7.83. The molecule has 0 aromatic carbocycles. The second-order valence-electron chi connectivity index (χ2n) is 7.28. The Hall–Kier alpha value is -1.47. The number of carbonyl (C=O) groups excluding carboxylic acids is 1. The first kappa shape index (κ1) is 18.3. The van der Waals surface area contributed by atoms with Crippen LogP contribution in [0.1, 0.15) is 38.9 Å². The fourth-order valence-corrected chi connectivity index (χ4v) is 4.52. The summed E-state index contributed by atoms with van der Waals surface area (Å²) < 4.78 is 9.93. The summed E-state index contributed by atoms with van der Waals surface area (Å²) in [4.78, 5) is 19.4. The van der Waals surface area contributed by atoms with Crippen LogP contribution in [0.15, 0.2) is 12.2 Å². The average Bonchev–Trinajstić information content (AvgIpc) is 3.24. The summed E-state index contributed by atoms with van der Waals surface area (Å²) >= 11 is 1.47. The molecular weight excluding hydrogens is 336 g/mol. The molecule has 0 unspecified atom stereocenters. The van der Waals surface area contributed by atoms with Crippen molar-refractivity contribution >= 4 is 22.6 Å². The Labute approximate surface area is 153 Å². The van der Waals surface area contributed by atoms with Gasteiger partial charge in [-0.25, -0.2) is 4.98 Å². The Bertz CT molecular complexity index is 624. The molecule has 2 aliphatic rings. The number of anilines is 1. The van der Waals surface area contributed by atoms with Gasteiger partial charge in [-0.3, -0.25) is 4.79 Å². The Balaban J connectivity index is 1.50. The molecule has 6 nitrogen and oxygen atoms in total. The normalized spacial score (nSPS) is 25.8. The molecule has 3 heterocycles. The first-order valence-electron chi connectivity index (χ1n) is 9.08. The molecule has 0 aliphatic carbocycles. The lowest BCUT2D eigenvalue weighted by molar-refractivity contribution is -0.127. The monoisotopic (exact) mass is 364 g/mol. The summed E-state index contributed by atoms with van der Waals surface area (Å²) in [5.74, 6) is 1.36. The number of nitrogens with zero attached hydrogens (tertiary/aromatic N) is 3. The molecule has 7 heteroatoms. The number of hydrogen-bond acceptors (Lipinski definition) is 6. The van der Waals surface area contributed by atoms with Crippen molar-refractivity contribution in [2.75, 3.05) is 24.6 Å². The summed E-state index contributed by atoms with van der Waals surface area (Å²) in [6.45, 7) is 12.5. The molecule has 0 radical (unpaired) electrons. The van der Waals surface area contributed by atoms with E-state index in [9.17, 15) is 4.79 Å². The minimum Gasteiger partial charge on any atom is -0.373 e. The zero-order valence-corrected chi connectivity index (χ0v) is 16.1. The minimum atomic E-state index is -0.130. The third-order valence-corrected chi connectivity index (χ3v) is 6.19. The lowest BCUT2D eigenvalue weighted by Gasteiger charge is -2.35. The highest BCUT2D eigenvalue weighted by Crippen LogP contribution is 2.28. The van der Waals surface area contributed by atoms with Gasteiger partial charge in [-0.15, -0.1) is 0 Å². The predicted octanol–water partition coefficient (Wildman–Crippen LogP) is 2.55. The number of aryl methyl sites for hydroxylation is 1. The zero-order valence-electron chi connectivity index (χ0n) is 15.3. The number of ether oxygens (including phenoxy) is 1. The largest absolute Gasteiger partial charge is 0.373 e. The fourth-order valence-electron chi connectivity index (χ4n) is 3.80. The number of amides is 1. The minimum absolute atomic E-state index is 0.0931. The molecule has 1 aromatic heterocycles. The Morgan fingerprint density at radius 1 is 1.40 bits per heavy atom. The second-order valence-corrected chi connectivity index (χ2v) is 8.01. The van der Waals surface area contributed by atoms with Gasteiger partial charge >= 0.3 is 0 Å². The third-order valence-electron chi connectivity index (χ3n) is 5.32. The van der Waals surface area contributed by atoms with Crippen molar-refractivity contribution in [1.29, 1.82) is 0 Å². The molecule has 0 saturated carbocycles. The number of nitrogens with one attached hydrogen (secondary N) is 1. The molecule has 1 N–H and O–H groups in total. The molecule has 138 valence electrons. The van der Waals surface area contributed by atoms with Crippen LogP contribution in [0.2, 0.25) is 0 Å². The van der Waals surface area contributed by atoms with Gasteiger partial charge in [-0.2, -0.15) is 4.37 Å². The highest BCUT2D eigenvalue weighted by molar-refractivity contribution is 7.09. The molecule has 0 spiro atoms. The van der Waals surface area contributed by atoms with Crippen LogP contribution in [0, 0.1) is 18.8 Å². The highest BCUT2D eigenvalue weighted by Gasteiger charge is 2.36.